The van der Waals surface area contributed by atoms with E-state index >= 15 is 0 Å². The Kier molecular flexibility index (Phi) is 4.77. The van der Waals surface area contributed by atoms with Crippen molar-refractivity contribution in [3.8, 4) is 0 Å². The Labute approximate surface area is 125 Å². The van der Waals surface area contributed by atoms with Gasteiger partial charge >= 0.3 is 6.18 Å². The Morgan fingerprint density at radius 1 is 1.57 bits per heavy atom. The zero-order valence-electron chi connectivity index (χ0n) is 11.5. The molecule has 1 saturated heterocycles. The lowest BCUT2D eigenvalue weighted by molar-refractivity contribution is -0.151. The molecule has 0 unspecified atom stereocenters. The van der Waals surface area contributed by atoms with Crippen molar-refractivity contribution in [1.29, 1.82) is 0 Å². The molecule has 0 aromatic carbocycles. The van der Waals surface area contributed by atoms with Gasteiger partial charge in [0.15, 0.2) is 0 Å². The Hall–Kier alpha value is -1.28. The van der Waals surface area contributed by atoms with Gasteiger partial charge in [-0.1, -0.05) is 11.6 Å². The molecule has 118 valence electrons. The molecular formula is C12H16ClF3N4O. The number of hydrogen-bond donors (Lipinski definition) is 1. The highest BCUT2D eigenvalue weighted by Gasteiger charge is 2.38. The van der Waals surface area contributed by atoms with E-state index in [2.05, 4.69) is 10.4 Å². The van der Waals surface area contributed by atoms with Crippen LogP contribution in [0.2, 0.25) is 5.02 Å². The maximum Gasteiger partial charge on any atom is 0.401 e. The predicted molar refractivity (Wildman–Crippen MR) is 70.7 cm³/mol. The van der Waals surface area contributed by atoms with Crippen molar-refractivity contribution in [2.24, 2.45) is 7.05 Å². The third-order valence-electron chi connectivity index (χ3n) is 3.33. The highest BCUT2D eigenvalue weighted by Crippen LogP contribution is 2.24. The Morgan fingerprint density at radius 2 is 2.29 bits per heavy atom. The van der Waals surface area contributed by atoms with Crippen molar-refractivity contribution in [2.45, 2.75) is 31.6 Å². The van der Waals surface area contributed by atoms with Gasteiger partial charge in [-0.2, -0.15) is 18.3 Å². The van der Waals surface area contributed by atoms with Gasteiger partial charge in [-0.3, -0.25) is 14.4 Å². The van der Waals surface area contributed by atoms with Crippen LogP contribution in [0.15, 0.2) is 6.20 Å². The molecule has 0 spiro atoms. The summed E-state index contributed by atoms with van der Waals surface area (Å²) in [6, 6.07) is -0.742. The number of rotatable bonds is 4. The summed E-state index contributed by atoms with van der Waals surface area (Å²) in [7, 11) is 1.69. The maximum atomic E-state index is 12.4. The van der Waals surface area contributed by atoms with E-state index in [0.717, 1.165) is 4.90 Å². The number of carbonyl (C=O) groups excluding carboxylic acids is 1. The van der Waals surface area contributed by atoms with E-state index in [-0.39, 0.29) is 13.1 Å². The quantitative estimate of drug-likeness (QED) is 0.917. The zero-order valence-corrected chi connectivity index (χ0v) is 12.2. The lowest BCUT2D eigenvalue weighted by Crippen LogP contribution is -2.46. The van der Waals surface area contributed by atoms with Crippen LogP contribution in [0.3, 0.4) is 0 Å². The van der Waals surface area contributed by atoms with Crippen LogP contribution >= 0.6 is 11.6 Å². The highest BCUT2D eigenvalue weighted by molar-refractivity contribution is 6.31. The molecule has 1 fully saturated rings. The van der Waals surface area contributed by atoms with Gasteiger partial charge in [0.1, 0.15) is 5.69 Å². The third kappa shape index (κ3) is 4.34. The van der Waals surface area contributed by atoms with Crippen molar-refractivity contribution in [1.82, 2.24) is 20.0 Å². The summed E-state index contributed by atoms with van der Waals surface area (Å²) in [5.74, 6) is -0.418. The number of alkyl halides is 3. The number of halogens is 4. The monoisotopic (exact) mass is 324 g/mol. The summed E-state index contributed by atoms with van der Waals surface area (Å²) in [6.07, 6.45) is -1.70. The van der Waals surface area contributed by atoms with E-state index in [4.69, 9.17) is 11.6 Å². The number of nitrogens with one attached hydrogen (secondary N) is 1. The molecule has 0 saturated carbocycles. The summed E-state index contributed by atoms with van der Waals surface area (Å²) in [5.41, 5.74) is 0.493. The number of aryl methyl sites for hydroxylation is 1. The van der Waals surface area contributed by atoms with E-state index in [1.54, 1.807) is 13.2 Å². The molecule has 1 aromatic heterocycles. The SMILES string of the molecule is Cn1cc(Cl)c(CNC(=O)[C@@H]2CCCN2CC(F)(F)F)n1. The molecule has 2 heterocycles. The molecule has 9 heteroatoms. The Balaban J connectivity index is 1.91. The molecule has 21 heavy (non-hydrogen) atoms. The minimum atomic E-state index is -4.30. The molecule has 1 atom stereocenters. The van der Waals surface area contributed by atoms with Gasteiger partial charge in [0, 0.05) is 13.2 Å². The number of nitrogens with zero attached hydrogens (tertiary/aromatic N) is 3. The normalized spacial score (nSPS) is 20.0. The van der Waals surface area contributed by atoms with Crippen LogP contribution in [0.25, 0.3) is 0 Å². The van der Waals surface area contributed by atoms with Crippen LogP contribution in [-0.4, -0.2) is 45.9 Å². The molecule has 0 radical (unpaired) electrons. The molecule has 1 aliphatic heterocycles. The van der Waals surface area contributed by atoms with E-state index in [0.29, 0.717) is 23.6 Å². The first-order valence-electron chi connectivity index (χ1n) is 6.53. The Bertz CT molecular complexity index is 517. The van der Waals surface area contributed by atoms with E-state index < -0.39 is 24.7 Å². The van der Waals surface area contributed by atoms with Crippen LogP contribution in [0, 0.1) is 0 Å². The smallest absolute Gasteiger partial charge is 0.349 e. The van der Waals surface area contributed by atoms with Crippen molar-refractivity contribution in [3.63, 3.8) is 0 Å². The second-order valence-electron chi connectivity index (χ2n) is 5.06. The van der Waals surface area contributed by atoms with Gasteiger partial charge in [0.05, 0.1) is 24.2 Å². The van der Waals surface area contributed by atoms with Crippen LogP contribution in [0.1, 0.15) is 18.5 Å². The first kappa shape index (κ1) is 16.1. The fourth-order valence-corrected chi connectivity index (χ4v) is 2.70. The summed E-state index contributed by atoms with van der Waals surface area (Å²) in [4.78, 5) is 13.2. The lowest BCUT2D eigenvalue weighted by atomic mass is 10.2. The van der Waals surface area contributed by atoms with Crippen LogP contribution in [-0.2, 0) is 18.4 Å². The summed E-state index contributed by atoms with van der Waals surface area (Å²) in [6.45, 7) is -0.674. The van der Waals surface area contributed by atoms with E-state index in [9.17, 15) is 18.0 Å². The van der Waals surface area contributed by atoms with Crippen LogP contribution in [0.5, 0.6) is 0 Å². The first-order chi connectivity index (χ1) is 9.76. The molecule has 1 amide bonds. The second-order valence-corrected chi connectivity index (χ2v) is 5.47. The number of hydrogen-bond acceptors (Lipinski definition) is 3. The second kappa shape index (κ2) is 6.23. The lowest BCUT2D eigenvalue weighted by Gasteiger charge is -2.24. The molecule has 5 nitrogen and oxygen atoms in total. The minimum Gasteiger partial charge on any atom is -0.349 e. The zero-order chi connectivity index (χ0) is 15.6. The predicted octanol–water partition coefficient (Wildman–Crippen LogP) is 1.72. The number of aromatic nitrogens is 2. The fraction of sp³-hybridized carbons (Fsp3) is 0.667. The van der Waals surface area contributed by atoms with Gasteiger partial charge in [-0.25, -0.2) is 0 Å². The standard InChI is InChI=1S/C12H16ClF3N4O/c1-19-6-8(13)9(18-19)5-17-11(21)10-3-2-4-20(10)7-12(14,15)16/h6,10H,2-5,7H2,1H3,(H,17,21)/t10-/m0/s1. The van der Waals surface area contributed by atoms with Gasteiger partial charge in [-0.05, 0) is 19.4 Å². The summed E-state index contributed by atoms with van der Waals surface area (Å²) < 4.78 is 38.9. The summed E-state index contributed by atoms with van der Waals surface area (Å²) in [5, 5.41) is 7.08. The topological polar surface area (TPSA) is 50.2 Å². The molecule has 2 rings (SSSR count). The molecule has 0 aliphatic carbocycles. The highest BCUT2D eigenvalue weighted by atomic mass is 35.5. The number of likely N-dealkylation sites (tertiary alicyclic amines) is 1. The molecule has 1 N–H and O–H groups in total. The Morgan fingerprint density at radius 3 is 2.86 bits per heavy atom. The molecule has 0 bridgehead atoms. The van der Waals surface area contributed by atoms with Crippen LogP contribution < -0.4 is 5.32 Å². The van der Waals surface area contributed by atoms with Gasteiger partial charge in [-0.15, -0.1) is 0 Å². The largest absolute Gasteiger partial charge is 0.401 e. The average Bonchev–Trinajstić information content (AvgIpc) is 2.91. The number of carbonyl (C=O) groups is 1. The fourth-order valence-electron chi connectivity index (χ4n) is 2.46. The third-order valence-corrected chi connectivity index (χ3v) is 3.65. The summed E-state index contributed by atoms with van der Waals surface area (Å²) >= 11 is 5.91. The van der Waals surface area contributed by atoms with E-state index in [1.165, 1.54) is 4.68 Å². The van der Waals surface area contributed by atoms with E-state index in [1.807, 2.05) is 0 Å². The van der Waals surface area contributed by atoms with Crippen molar-refractivity contribution < 1.29 is 18.0 Å². The molecule has 1 aliphatic rings. The number of amides is 1. The molecular weight excluding hydrogens is 309 g/mol. The molecule has 1 aromatic rings. The van der Waals surface area contributed by atoms with Crippen molar-refractivity contribution in [2.75, 3.05) is 13.1 Å². The van der Waals surface area contributed by atoms with Gasteiger partial charge in [0.2, 0.25) is 5.91 Å². The van der Waals surface area contributed by atoms with Crippen molar-refractivity contribution in [3.05, 3.63) is 16.9 Å². The average molecular weight is 325 g/mol. The van der Waals surface area contributed by atoms with Gasteiger partial charge in [0.25, 0.3) is 0 Å². The maximum absolute atomic E-state index is 12.4. The minimum absolute atomic E-state index is 0.106. The van der Waals surface area contributed by atoms with Crippen molar-refractivity contribution >= 4 is 17.5 Å². The van der Waals surface area contributed by atoms with Crippen LogP contribution in [0.4, 0.5) is 13.2 Å². The van der Waals surface area contributed by atoms with Gasteiger partial charge < -0.3 is 5.32 Å². The first-order valence-corrected chi connectivity index (χ1v) is 6.90.